The number of hydrogen-bond acceptors (Lipinski definition) is 7. The van der Waals surface area contributed by atoms with Gasteiger partial charge in [-0.1, -0.05) is 11.6 Å². The number of methoxy groups -OCH3 is 1. The van der Waals surface area contributed by atoms with Crippen molar-refractivity contribution in [3.63, 3.8) is 0 Å². The summed E-state index contributed by atoms with van der Waals surface area (Å²) in [5, 5.41) is 22.4. The molecule has 1 fully saturated rings. The topological polar surface area (TPSA) is 113 Å². The summed E-state index contributed by atoms with van der Waals surface area (Å²) in [4.78, 5) is 39.8. The number of nitro groups is 1. The van der Waals surface area contributed by atoms with Gasteiger partial charge < -0.3 is 19.6 Å². The zero-order valence-corrected chi connectivity index (χ0v) is 19.2. The van der Waals surface area contributed by atoms with Gasteiger partial charge in [0.25, 0.3) is 17.4 Å². The third kappa shape index (κ3) is 4.99. The maximum Gasteiger partial charge on any atom is 0.295 e. The second-order valence-corrected chi connectivity index (χ2v) is 8.25. The summed E-state index contributed by atoms with van der Waals surface area (Å²) in [6.45, 7) is 0.953. The summed E-state index contributed by atoms with van der Waals surface area (Å²) in [6.07, 6.45) is 0.595. The highest BCUT2D eigenvalue weighted by Crippen LogP contribution is 2.40. The van der Waals surface area contributed by atoms with E-state index < -0.39 is 22.7 Å². The van der Waals surface area contributed by atoms with Crippen LogP contribution >= 0.6 is 11.6 Å². The molecular weight excluding hydrogens is 450 g/mol. The van der Waals surface area contributed by atoms with Crippen LogP contribution in [0.4, 0.5) is 5.69 Å². The van der Waals surface area contributed by atoms with Crippen molar-refractivity contribution in [1.29, 1.82) is 0 Å². The molecule has 9 nitrogen and oxygen atoms in total. The number of non-ortho nitro benzene ring substituents is 1. The Kier molecular flexibility index (Phi) is 7.35. The van der Waals surface area contributed by atoms with Crippen LogP contribution in [0, 0.1) is 10.1 Å². The molecule has 1 saturated heterocycles. The Hall–Kier alpha value is -3.43. The highest BCUT2D eigenvalue weighted by atomic mass is 35.5. The Balaban J connectivity index is 2.11. The van der Waals surface area contributed by atoms with Gasteiger partial charge in [0.05, 0.1) is 28.7 Å². The van der Waals surface area contributed by atoms with E-state index in [1.807, 2.05) is 19.0 Å². The molecule has 2 aromatic carbocycles. The van der Waals surface area contributed by atoms with Gasteiger partial charge in [0, 0.05) is 24.2 Å². The number of carbonyl (C=O) groups excluding carboxylic acids is 2. The molecule has 33 heavy (non-hydrogen) atoms. The quantitative estimate of drug-likeness (QED) is 0.205. The molecule has 1 aliphatic rings. The number of aliphatic hydroxyl groups is 1. The molecule has 0 bridgehead atoms. The molecular formula is C23H24ClN3O6. The van der Waals surface area contributed by atoms with Gasteiger partial charge >= 0.3 is 0 Å². The van der Waals surface area contributed by atoms with Crippen molar-refractivity contribution in [1.82, 2.24) is 9.80 Å². The summed E-state index contributed by atoms with van der Waals surface area (Å²) >= 11 is 6.18. The number of nitro benzene ring substituents is 1. The fraction of sp³-hybridized carbons (Fsp3) is 0.304. The number of ketones is 1. The van der Waals surface area contributed by atoms with Gasteiger partial charge in [-0.3, -0.25) is 19.7 Å². The first-order valence-electron chi connectivity index (χ1n) is 10.2. The number of likely N-dealkylation sites (tertiary alicyclic amines) is 1. The van der Waals surface area contributed by atoms with Crippen molar-refractivity contribution in [2.24, 2.45) is 0 Å². The first kappa shape index (κ1) is 24.2. The van der Waals surface area contributed by atoms with E-state index in [1.54, 1.807) is 6.07 Å². The maximum atomic E-state index is 13.0. The summed E-state index contributed by atoms with van der Waals surface area (Å²) in [7, 11) is 5.25. The summed E-state index contributed by atoms with van der Waals surface area (Å²) in [6, 6.07) is 9.22. The lowest BCUT2D eigenvalue weighted by Crippen LogP contribution is -2.32. The van der Waals surface area contributed by atoms with Gasteiger partial charge in [-0.05, 0) is 63.0 Å². The summed E-state index contributed by atoms with van der Waals surface area (Å²) < 4.78 is 5.13. The van der Waals surface area contributed by atoms with Gasteiger partial charge in [0.1, 0.15) is 11.5 Å². The number of rotatable bonds is 8. The van der Waals surface area contributed by atoms with Gasteiger partial charge in [0.15, 0.2) is 0 Å². The monoisotopic (exact) mass is 473 g/mol. The molecule has 1 atom stereocenters. The van der Waals surface area contributed by atoms with E-state index in [1.165, 1.54) is 48.4 Å². The molecule has 1 amide bonds. The number of hydrogen-bond donors (Lipinski definition) is 1. The Morgan fingerprint density at radius 3 is 2.42 bits per heavy atom. The van der Waals surface area contributed by atoms with Gasteiger partial charge in [-0.15, -0.1) is 0 Å². The molecule has 0 aliphatic carbocycles. The lowest BCUT2D eigenvalue weighted by atomic mass is 9.95. The molecule has 174 valence electrons. The van der Waals surface area contributed by atoms with Gasteiger partial charge in [-0.2, -0.15) is 0 Å². The molecule has 1 N–H and O–H groups in total. The lowest BCUT2D eigenvalue weighted by Gasteiger charge is -2.26. The van der Waals surface area contributed by atoms with Crippen LogP contribution in [-0.2, 0) is 9.59 Å². The molecule has 1 heterocycles. The number of aliphatic hydroxyl groups excluding tert-OH is 1. The van der Waals surface area contributed by atoms with Crippen LogP contribution in [0.3, 0.4) is 0 Å². The normalized spacial score (nSPS) is 17.6. The minimum absolute atomic E-state index is 0.0973. The van der Waals surface area contributed by atoms with E-state index >= 15 is 0 Å². The molecule has 0 radical (unpaired) electrons. The van der Waals surface area contributed by atoms with Crippen LogP contribution in [0.5, 0.6) is 5.75 Å². The molecule has 0 aromatic heterocycles. The van der Waals surface area contributed by atoms with Crippen molar-refractivity contribution in [2.75, 3.05) is 34.3 Å². The first-order valence-corrected chi connectivity index (χ1v) is 10.5. The van der Waals surface area contributed by atoms with E-state index in [0.29, 0.717) is 24.3 Å². The minimum atomic E-state index is -0.895. The summed E-state index contributed by atoms with van der Waals surface area (Å²) in [5.41, 5.74) is 0.509. The number of carbonyl (C=O) groups is 2. The van der Waals surface area contributed by atoms with Crippen molar-refractivity contribution in [3.05, 3.63) is 74.3 Å². The Morgan fingerprint density at radius 2 is 1.88 bits per heavy atom. The summed E-state index contributed by atoms with van der Waals surface area (Å²) in [5.74, 6) is -1.55. The largest absolute Gasteiger partial charge is 0.507 e. The van der Waals surface area contributed by atoms with Crippen molar-refractivity contribution >= 4 is 34.7 Å². The predicted octanol–water partition coefficient (Wildman–Crippen LogP) is 3.63. The zero-order valence-electron chi connectivity index (χ0n) is 18.4. The highest BCUT2D eigenvalue weighted by molar-refractivity contribution is 6.46. The van der Waals surface area contributed by atoms with Crippen LogP contribution in [0.25, 0.3) is 5.76 Å². The standard InChI is InChI=1S/C23H24ClN3O6/c1-25(2)11-4-12-26-20(14-5-8-16(9-6-14)27(31)32)19(22(29)23(26)30)21(28)15-7-10-18(33-3)17(24)13-15/h5-10,13,20,28H,4,11-12H2,1-3H3/b21-19+. The van der Waals surface area contributed by atoms with E-state index in [9.17, 15) is 24.8 Å². The molecule has 1 aliphatic heterocycles. The average Bonchev–Trinajstić information content (AvgIpc) is 3.03. The number of amides is 1. The smallest absolute Gasteiger partial charge is 0.295 e. The predicted molar refractivity (Wildman–Crippen MR) is 123 cm³/mol. The van der Waals surface area contributed by atoms with E-state index in [2.05, 4.69) is 0 Å². The fourth-order valence-electron chi connectivity index (χ4n) is 3.76. The number of nitrogens with zero attached hydrogens (tertiary/aromatic N) is 3. The highest BCUT2D eigenvalue weighted by Gasteiger charge is 2.45. The van der Waals surface area contributed by atoms with Crippen molar-refractivity contribution < 1.29 is 24.4 Å². The lowest BCUT2D eigenvalue weighted by molar-refractivity contribution is -0.384. The Morgan fingerprint density at radius 1 is 1.21 bits per heavy atom. The van der Waals surface area contributed by atoms with Crippen LogP contribution < -0.4 is 4.74 Å². The number of benzene rings is 2. The molecule has 1 unspecified atom stereocenters. The van der Waals surface area contributed by atoms with E-state index in [-0.39, 0.29) is 34.2 Å². The average molecular weight is 474 g/mol. The van der Waals surface area contributed by atoms with Crippen LogP contribution in [0.2, 0.25) is 5.02 Å². The Labute approximate surface area is 196 Å². The van der Waals surface area contributed by atoms with Crippen LogP contribution in [0.15, 0.2) is 48.0 Å². The molecule has 0 spiro atoms. The molecule has 3 rings (SSSR count). The second-order valence-electron chi connectivity index (χ2n) is 7.85. The van der Waals surface area contributed by atoms with Crippen molar-refractivity contribution in [3.8, 4) is 5.75 Å². The number of ether oxygens (including phenoxy) is 1. The van der Waals surface area contributed by atoms with E-state index in [4.69, 9.17) is 16.3 Å². The van der Waals surface area contributed by atoms with E-state index in [0.717, 1.165) is 0 Å². The third-order valence-electron chi connectivity index (χ3n) is 5.39. The SMILES string of the molecule is COc1ccc(/C(O)=C2\C(=O)C(=O)N(CCCN(C)C)C2c2ccc([N+](=O)[O-])cc2)cc1Cl. The third-order valence-corrected chi connectivity index (χ3v) is 5.68. The number of halogens is 1. The van der Waals surface area contributed by atoms with Gasteiger partial charge in [0.2, 0.25) is 0 Å². The number of Topliss-reactive ketones (excluding diaryl/α,β-unsaturated/α-hetero) is 1. The Bertz CT molecular complexity index is 1110. The first-order chi connectivity index (χ1) is 15.6. The van der Waals surface area contributed by atoms with Crippen LogP contribution in [0.1, 0.15) is 23.6 Å². The molecule has 2 aromatic rings. The molecule has 0 saturated carbocycles. The molecule has 10 heteroatoms. The fourth-order valence-corrected chi connectivity index (χ4v) is 4.02. The minimum Gasteiger partial charge on any atom is -0.507 e. The second kappa shape index (κ2) is 10.0. The zero-order chi connectivity index (χ0) is 24.3. The van der Waals surface area contributed by atoms with Crippen molar-refractivity contribution in [2.45, 2.75) is 12.5 Å². The maximum absolute atomic E-state index is 13.0. The van der Waals surface area contributed by atoms with Gasteiger partial charge in [-0.25, -0.2) is 0 Å². The van der Waals surface area contributed by atoms with Crippen LogP contribution in [-0.4, -0.2) is 65.8 Å².